The summed E-state index contributed by atoms with van der Waals surface area (Å²) in [4.78, 5) is 13.7. The number of unbranched alkanes of at least 4 members (excludes halogenated alkanes) is 2. The van der Waals surface area contributed by atoms with E-state index >= 15 is 0 Å². The molecular formula is C12H25N3O. The predicted octanol–water partition coefficient (Wildman–Crippen LogP) is 0.714. The predicted molar refractivity (Wildman–Crippen MR) is 66.2 cm³/mol. The van der Waals surface area contributed by atoms with Crippen molar-refractivity contribution in [2.24, 2.45) is 5.73 Å². The minimum atomic E-state index is 0.135. The van der Waals surface area contributed by atoms with E-state index in [9.17, 15) is 4.79 Å². The summed E-state index contributed by atoms with van der Waals surface area (Å²) >= 11 is 0. The first-order valence-corrected chi connectivity index (χ1v) is 6.39. The molecule has 94 valence electrons. The van der Waals surface area contributed by atoms with Gasteiger partial charge in [0.2, 0.25) is 5.91 Å². The van der Waals surface area contributed by atoms with Crippen molar-refractivity contribution in [3.8, 4) is 0 Å². The molecule has 0 aromatic heterocycles. The molecule has 16 heavy (non-hydrogen) atoms. The molecule has 3 N–H and O–H groups in total. The van der Waals surface area contributed by atoms with Crippen LogP contribution in [0.2, 0.25) is 0 Å². The van der Waals surface area contributed by atoms with Crippen LogP contribution < -0.4 is 11.1 Å². The minimum Gasteiger partial charge on any atom is -0.353 e. The van der Waals surface area contributed by atoms with Crippen LogP contribution in [0, 0.1) is 0 Å². The van der Waals surface area contributed by atoms with E-state index in [4.69, 9.17) is 5.73 Å². The lowest BCUT2D eigenvalue weighted by Gasteiger charge is -2.36. The Kier molecular flexibility index (Phi) is 5.77. The lowest BCUT2D eigenvalue weighted by molar-refractivity contribution is -0.123. The molecule has 1 rings (SSSR count). The topological polar surface area (TPSA) is 58.4 Å². The third-order valence-electron chi connectivity index (χ3n) is 3.00. The molecule has 1 fully saturated rings. The zero-order valence-corrected chi connectivity index (χ0v) is 10.5. The Hall–Kier alpha value is -0.610. The summed E-state index contributed by atoms with van der Waals surface area (Å²) in [5, 5.41) is 3.03. The number of nitrogens with two attached hydrogens (primary N) is 1. The highest BCUT2D eigenvalue weighted by atomic mass is 16.2. The summed E-state index contributed by atoms with van der Waals surface area (Å²) in [6.07, 6.45) is 4.76. The highest BCUT2D eigenvalue weighted by Gasteiger charge is 2.24. The van der Waals surface area contributed by atoms with Crippen molar-refractivity contribution in [1.29, 1.82) is 0 Å². The van der Waals surface area contributed by atoms with Gasteiger partial charge in [-0.25, -0.2) is 0 Å². The van der Waals surface area contributed by atoms with E-state index in [2.05, 4.69) is 24.1 Å². The Morgan fingerprint density at radius 3 is 2.75 bits per heavy atom. The fraction of sp³-hybridized carbons (Fsp3) is 0.917. The second kappa shape index (κ2) is 6.86. The van der Waals surface area contributed by atoms with Gasteiger partial charge in [0.15, 0.2) is 0 Å². The molecule has 1 aliphatic heterocycles. The third-order valence-corrected chi connectivity index (χ3v) is 3.00. The van der Waals surface area contributed by atoms with E-state index in [1.165, 1.54) is 19.3 Å². The first-order valence-electron chi connectivity index (χ1n) is 6.39. The Morgan fingerprint density at radius 1 is 1.50 bits per heavy atom. The van der Waals surface area contributed by atoms with Crippen molar-refractivity contribution in [3.05, 3.63) is 0 Å². The van der Waals surface area contributed by atoms with Crippen molar-refractivity contribution < 1.29 is 4.79 Å². The van der Waals surface area contributed by atoms with E-state index in [0.717, 1.165) is 19.5 Å². The second-order valence-corrected chi connectivity index (χ2v) is 4.92. The normalized spacial score (nSPS) is 19.2. The van der Waals surface area contributed by atoms with E-state index in [1.54, 1.807) is 0 Å². The van der Waals surface area contributed by atoms with Gasteiger partial charge < -0.3 is 11.1 Å². The molecular weight excluding hydrogens is 202 g/mol. The number of hydrogen-bond acceptors (Lipinski definition) is 3. The highest BCUT2D eigenvalue weighted by Crippen LogP contribution is 2.05. The summed E-state index contributed by atoms with van der Waals surface area (Å²) in [6.45, 7) is 6.49. The van der Waals surface area contributed by atoms with Gasteiger partial charge in [-0.05, 0) is 13.3 Å². The molecule has 1 aliphatic rings. The molecule has 1 atom stereocenters. The highest BCUT2D eigenvalue weighted by molar-refractivity contribution is 5.78. The van der Waals surface area contributed by atoms with Crippen LogP contribution in [0.1, 0.15) is 39.5 Å². The second-order valence-electron chi connectivity index (χ2n) is 4.92. The van der Waals surface area contributed by atoms with Gasteiger partial charge in [-0.1, -0.05) is 26.2 Å². The van der Waals surface area contributed by atoms with Crippen LogP contribution in [0.4, 0.5) is 0 Å². The molecule has 0 aromatic rings. The van der Waals surface area contributed by atoms with E-state index in [-0.39, 0.29) is 11.9 Å². The van der Waals surface area contributed by atoms with E-state index in [1.807, 2.05) is 0 Å². The molecule has 1 amide bonds. The van der Waals surface area contributed by atoms with Gasteiger partial charge in [0.05, 0.1) is 6.54 Å². The molecule has 1 unspecified atom stereocenters. The van der Waals surface area contributed by atoms with Crippen LogP contribution in [0.5, 0.6) is 0 Å². The monoisotopic (exact) mass is 227 g/mol. The van der Waals surface area contributed by atoms with Crippen LogP contribution in [0.25, 0.3) is 0 Å². The number of likely N-dealkylation sites (tertiary alicyclic amines) is 1. The summed E-state index contributed by atoms with van der Waals surface area (Å²) in [6, 6.07) is 0.573. The van der Waals surface area contributed by atoms with Crippen molar-refractivity contribution >= 4 is 5.91 Å². The average Bonchev–Trinajstić information content (AvgIpc) is 2.15. The van der Waals surface area contributed by atoms with Crippen molar-refractivity contribution in [2.75, 3.05) is 19.6 Å². The zero-order valence-electron chi connectivity index (χ0n) is 10.5. The van der Waals surface area contributed by atoms with Gasteiger partial charge in [0.25, 0.3) is 0 Å². The quantitative estimate of drug-likeness (QED) is 0.630. The van der Waals surface area contributed by atoms with E-state index < -0.39 is 0 Å². The molecule has 1 saturated heterocycles. The summed E-state index contributed by atoms with van der Waals surface area (Å²) in [5.74, 6) is 0.135. The average molecular weight is 227 g/mol. The van der Waals surface area contributed by atoms with Crippen LogP contribution in [-0.2, 0) is 4.79 Å². The van der Waals surface area contributed by atoms with Gasteiger partial charge in [-0.15, -0.1) is 0 Å². The van der Waals surface area contributed by atoms with Crippen molar-refractivity contribution in [2.45, 2.75) is 51.6 Å². The number of amides is 1. The van der Waals surface area contributed by atoms with Crippen LogP contribution >= 0.6 is 0 Å². The Labute approximate surface area is 98.6 Å². The molecule has 0 bridgehead atoms. The maximum atomic E-state index is 11.6. The van der Waals surface area contributed by atoms with Gasteiger partial charge in [0.1, 0.15) is 0 Å². The van der Waals surface area contributed by atoms with Gasteiger partial charge in [-0.2, -0.15) is 0 Å². The van der Waals surface area contributed by atoms with Crippen molar-refractivity contribution in [3.63, 3.8) is 0 Å². The fourth-order valence-electron chi connectivity index (χ4n) is 2.04. The molecule has 0 radical (unpaired) electrons. The molecule has 0 saturated carbocycles. The number of hydrogen-bond donors (Lipinski definition) is 2. The number of rotatable bonds is 7. The third kappa shape index (κ3) is 4.94. The van der Waals surface area contributed by atoms with Crippen LogP contribution in [0.15, 0.2) is 0 Å². The van der Waals surface area contributed by atoms with Gasteiger partial charge in [-0.3, -0.25) is 9.69 Å². The standard InChI is InChI=1S/C12H25N3O/c1-3-4-5-6-10(2)14-12(16)9-15-7-11(13)8-15/h10-11H,3-9,13H2,1-2H3,(H,14,16). The molecule has 4 nitrogen and oxygen atoms in total. The SMILES string of the molecule is CCCCCC(C)NC(=O)CN1CC(N)C1. The molecule has 4 heteroatoms. The van der Waals surface area contributed by atoms with Crippen LogP contribution in [0.3, 0.4) is 0 Å². The van der Waals surface area contributed by atoms with Crippen LogP contribution in [-0.4, -0.2) is 42.5 Å². The largest absolute Gasteiger partial charge is 0.353 e. The Bertz CT molecular complexity index is 214. The summed E-state index contributed by atoms with van der Waals surface area (Å²) < 4.78 is 0. The molecule has 0 aromatic carbocycles. The lowest BCUT2D eigenvalue weighted by Crippen LogP contribution is -2.58. The summed E-state index contributed by atoms with van der Waals surface area (Å²) in [5.41, 5.74) is 5.65. The first kappa shape index (κ1) is 13.5. The summed E-state index contributed by atoms with van der Waals surface area (Å²) in [7, 11) is 0. The van der Waals surface area contributed by atoms with E-state index in [0.29, 0.717) is 12.6 Å². The van der Waals surface area contributed by atoms with Crippen molar-refractivity contribution in [1.82, 2.24) is 10.2 Å². The minimum absolute atomic E-state index is 0.135. The number of nitrogens with zero attached hydrogens (tertiary/aromatic N) is 1. The maximum Gasteiger partial charge on any atom is 0.234 e. The zero-order chi connectivity index (χ0) is 12.0. The number of carbonyl (C=O) groups is 1. The number of nitrogens with one attached hydrogen (secondary N) is 1. The fourth-order valence-corrected chi connectivity index (χ4v) is 2.04. The molecule has 1 heterocycles. The molecule has 0 aliphatic carbocycles. The Morgan fingerprint density at radius 2 is 2.19 bits per heavy atom. The number of carbonyl (C=O) groups excluding carboxylic acids is 1. The van der Waals surface area contributed by atoms with Gasteiger partial charge in [0, 0.05) is 25.2 Å². The molecule has 0 spiro atoms. The smallest absolute Gasteiger partial charge is 0.234 e. The first-order chi connectivity index (χ1) is 7.61. The Balaban J connectivity index is 2.04. The van der Waals surface area contributed by atoms with Gasteiger partial charge >= 0.3 is 0 Å². The maximum absolute atomic E-state index is 11.6. The lowest BCUT2D eigenvalue weighted by atomic mass is 10.1.